The number of nitrogens with zero attached hydrogens (tertiary/aromatic N) is 3. The molecule has 1 N–H and O–H groups in total. The summed E-state index contributed by atoms with van der Waals surface area (Å²) in [6, 6.07) is 21.8. The van der Waals surface area contributed by atoms with Gasteiger partial charge in [0, 0.05) is 18.3 Å². The standard InChI is InChI=1S/C33H28F2N4O5S/c34-23-16-24(35)18-26(17-23)37-32-39(19-27-8-5-15-43-27)31(41)29(45-32)22-10-12-25(13-11-22)36-30(40)28-9-4-14-38(28)33(42)44-20-21-6-2-1-3-7-21/h1-3,5-8,10-13,15-18,28-29H,4,9,14,19-20H2,(H,36,40)/b37-32-/t28-,29?/m0/s1. The molecule has 3 heterocycles. The summed E-state index contributed by atoms with van der Waals surface area (Å²) in [5.74, 6) is -1.64. The van der Waals surface area contributed by atoms with E-state index in [9.17, 15) is 23.2 Å². The summed E-state index contributed by atoms with van der Waals surface area (Å²) in [5.41, 5.74) is 2.04. The second-order valence-corrected chi connectivity index (χ2v) is 11.6. The second-order valence-electron chi connectivity index (χ2n) is 10.5. The predicted molar refractivity (Wildman–Crippen MR) is 164 cm³/mol. The van der Waals surface area contributed by atoms with Gasteiger partial charge in [0.1, 0.15) is 35.3 Å². The van der Waals surface area contributed by atoms with E-state index < -0.39 is 29.0 Å². The van der Waals surface area contributed by atoms with Gasteiger partial charge in [0.05, 0.1) is 18.5 Å². The first-order chi connectivity index (χ1) is 21.8. The third-order valence-corrected chi connectivity index (χ3v) is 8.62. The van der Waals surface area contributed by atoms with Crippen LogP contribution in [0, 0.1) is 11.6 Å². The lowest BCUT2D eigenvalue weighted by Gasteiger charge is -2.23. The smallest absolute Gasteiger partial charge is 0.410 e. The Balaban J connectivity index is 1.13. The van der Waals surface area contributed by atoms with Crippen LogP contribution in [0.5, 0.6) is 0 Å². The molecule has 2 aliphatic heterocycles. The number of rotatable bonds is 8. The van der Waals surface area contributed by atoms with E-state index in [1.807, 2.05) is 30.3 Å². The Labute approximate surface area is 261 Å². The van der Waals surface area contributed by atoms with Gasteiger partial charge in [0.2, 0.25) is 11.8 Å². The number of nitrogens with one attached hydrogen (secondary N) is 1. The number of anilines is 1. The zero-order valence-electron chi connectivity index (χ0n) is 23.9. The number of amidine groups is 1. The maximum Gasteiger partial charge on any atom is 0.410 e. The normalized spacial score (nSPS) is 18.9. The van der Waals surface area contributed by atoms with Crippen molar-refractivity contribution >= 4 is 46.2 Å². The lowest BCUT2D eigenvalue weighted by atomic mass is 10.1. The Hall–Kier alpha value is -4.97. The molecule has 1 aromatic heterocycles. The van der Waals surface area contributed by atoms with Gasteiger partial charge in [-0.05, 0) is 60.4 Å². The summed E-state index contributed by atoms with van der Waals surface area (Å²) in [6.45, 7) is 0.631. The highest BCUT2D eigenvalue weighted by atomic mass is 32.2. The molecule has 3 aromatic carbocycles. The Morgan fingerprint density at radius 3 is 2.47 bits per heavy atom. The van der Waals surface area contributed by atoms with Gasteiger partial charge in [-0.25, -0.2) is 18.6 Å². The molecule has 6 rings (SSSR count). The SMILES string of the molecule is O=C(Nc1ccc(C2S/C(=N\c3cc(F)cc(F)c3)N(Cc3ccco3)C2=O)cc1)[C@@H]1CCCN1C(=O)OCc1ccccc1. The van der Waals surface area contributed by atoms with Crippen LogP contribution >= 0.6 is 11.8 Å². The van der Waals surface area contributed by atoms with Crippen molar-refractivity contribution in [2.45, 2.75) is 37.3 Å². The van der Waals surface area contributed by atoms with Gasteiger partial charge in [0.15, 0.2) is 5.17 Å². The van der Waals surface area contributed by atoms with Gasteiger partial charge < -0.3 is 14.5 Å². The summed E-state index contributed by atoms with van der Waals surface area (Å²) < 4.78 is 38.5. The molecule has 4 aromatic rings. The molecule has 2 atom stereocenters. The number of thioether (sulfide) groups is 1. The first-order valence-electron chi connectivity index (χ1n) is 14.3. The lowest BCUT2D eigenvalue weighted by molar-refractivity contribution is -0.126. The highest BCUT2D eigenvalue weighted by Gasteiger charge is 2.40. The Kier molecular flexibility index (Phi) is 8.92. The number of likely N-dealkylation sites (tertiary alicyclic amines) is 1. The molecule has 3 amide bonds. The number of carbonyl (C=O) groups excluding carboxylic acids is 3. The molecular weight excluding hydrogens is 602 g/mol. The zero-order valence-corrected chi connectivity index (χ0v) is 24.7. The number of hydrogen-bond donors (Lipinski definition) is 1. The molecule has 2 aliphatic rings. The van der Waals surface area contributed by atoms with Crippen LogP contribution in [-0.4, -0.2) is 45.5 Å². The van der Waals surface area contributed by atoms with Crippen LogP contribution in [0.4, 0.5) is 25.0 Å². The fraction of sp³-hybridized carbons (Fsp3) is 0.212. The largest absolute Gasteiger partial charge is 0.467 e. The topological polar surface area (TPSA) is 104 Å². The van der Waals surface area contributed by atoms with Crippen molar-refractivity contribution in [2.75, 3.05) is 11.9 Å². The highest BCUT2D eigenvalue weighted by Crippen LogP contribution is 2.41. The molecule has 0 saturated carbocycles. The van der Waals surface area contributed by atoms with Crippen molar-refractivity contribution in [3.8, 4) is 0 Å². The number of aliphatic imine (C=N–C) groups is 1. The van der Waals surface area contributed by atoms with E-state index in [2.05, 4.69) is 10.3 Å². The van der Waals surface area contributed by atoms with Crippen LogP contribution in [-0.2, 0) is 27.5 Å². The summed E-state index contributed by atoms with van der Waals surface area (Å²) in [5, 5.41) is 2.44. The van der Waals surface area contributed by atoms with Crippen LogP contribution in [0.25, 0.3) is 0 Å². The van der Waals surface area contributed by atoms with Crippen LogP contribution < -0.4 is 5.32 Å². The minimum Gasteiger partial charge on any atom is -0.467 e. The van der Waals surface area contributed by atoms with Crippen molar-refractivity contribution in [2.24, 2.45) is 4.99 Å². The van der Waals surface area contributed by atoms with Crippen LogP contribution in [0.3, 0.4) is 0 Å². The Morgan fingerprint density at radius 1 is 1.00 bits per heavy atom. The molecular formula is C33H28F2N4O5S. The van der Waals surface area contributed by atoms with Gasteiger partial charge in [-0.1, -0.05) is 54.2 Å². The quantitative estimate of drug-likeness (QED) is 0.230. The third-order valence-electron chi connectivity index (χ3n) is 7.39. The van der Waals surface area contributed by atoms with Crippen LogP contribution in [0.2, 0.25) is 0 Å². The molecule has 0 spiro atoms. The Morgan fingerprint density at radius 2 is 1.76 bits per heavy atom. The molecule has 1 unspecified atom stereocenters. The van der Waals surface area contributed by atoms with Crippen molar-refractivity contribution < 1.29 is 32.3 Å². The van der Waals surface area contributed by atoms with E-state index in [-0.39, 0.29) is 35.8 Å². The molecule has 2 saturated heterocycles. The summed E-state index contributed by atoms with van der Waals surface area (Å²) >= 11 is 1.15. The van der Waals surface area contributed by atoms with E-state index in [1.54, 1.807) is 36.4 Å². The maximum atomic E-state index is 13.8. The van der Waals surface area contributed by atoms with Gasteiger partial charge in [0.25, 0.3) is 0 Å². The monoisotopic (exact) mass is 630 g/mol. The molecule has 45 heavy (non-hydrogen) atoms. The number of amides is 3. The van der Waals surface area contributed by atoms with Gasteiger partial charge in [-0.15, -0.1) is 0 Å². The van der Waals surface area contributed by atoms with E-state index in [0.717, 1.165) is 35.5 Å². The number of benzene rings is 3. The van der Waals surface area contributed by atoms with Gasteiger partial charge in [-0.2, -0.15) is 0 Å². The van der Waals surface area contributed by atoms with Crippen molar-refractivity contribution in [3.05, 3.63) is 120 Å². The van der Waals surface area contributed by atoms with E-state index in [1.165, 1.54) is 16.1 Å². The predicted octanol–water partition coefficient (Wildman–Crippen LogP) is 6.80. The minimum atomic E-state index is -0.778. The fourth-order valence-electron chi connectivity index (χ4n) is 5.20. The zero-order chi connectivity index (χ0) is 31.3. The molecule has 9 nitrogen and oxygen atoms in total. The van der Waals surface area contributed by atoms with Crippen LogP contribution in [0.15, 0.2) is 101 Å². The first-order valence-corrected chi connectivity index (χ1v) is 15.2. The molecule has 0 radical (unpaired) electrons. The number of halogens is 2. The molecule has 0 aliphatic carbocycles. The molecule has 0 bridgehead atoms. The van der Waals surface area contributed by atoms with Crippen LogP contribution in [0.1, 0.15) is 35.0 Å². The summed E-state index contributed by atoms with van der Waals surface area (Å²) in [4.78, 5) is 46.7. The van der Waals surface area contributed by atoms with E-state index in [4.69, 9.17) is 9.15 Å². The first kappa shape index (κ1) is 30.1. The molecule has 230 valence electrons. The summed E-state index contributed by atoms with van der Waals surface area (Å²) in [6.07, 6.45) is 2.14. The van der Waals surface area contributed by atoms with Crippen molar-refractivity contribution in [1.29, 1.82) is 0 Å². The Bertz CT molecular complexity index is 1700. The van der Waals surface area contributed by atoms with Crippen molar-refractivity contribution in [3.63, 3.8) is 0 Å². The van der Waals surface area contributed by atoms with Crippen molar-refractivity contribution in [1.82, 2.24) is 9.80 Å². The number of furan rings is 1. The summed E-state index contributed by atoms with van der Waals surface area (Å²) in [7, 11) is 0. The fourth-order valence-corrected chi connectivity index (χ4v) is 6.37. The minimum absolute atomic E-state index is 0.0378. The maximum absolute atomic E-state index is 13.8. The highest BCUT2D eigenvalue weighted by molar-refractivity contribution is 8.15. The van der Waals surface area contributed by atoms with E-state index >= 15 is 0 Å². The second kappa shape index (κ2) is 13.3. The number of hydrogen-bond acceptors (Lipinski definition) is 7. The lowest BCUT2D eigenvalue weighted by Crippen LogP contribution is -2.43. The average Bonchev–Trinajstić information content (AvgIpc) is 3.79. The third kappa shape index (κ3) is 7.07. The molecule has 12 heteroatoms. The van der Waals surface area contributed by atoms with E-state index in [0.29, 0.717) is 36.4 Å². The van der Waals surface area contributed by atoms with Gasteiger partial charge >= 0.3 is 6.09 Å². The van der Waals surface area contributed by atoms with Gasteiger partial charge in [-0.3, -0.25) is 19.4 Å². The number of ether oxygens (including phenoxy) is 1. The molecule has 2 fully saturated rings. The number of carbonyl (C=O) groups is 3. The average molecular weight is 631 g/mol.